The Morgan fingerprint density at radius 1 is 1.05 bits per heavy atom. The molecule has 0 aromatic carbocycles. The van der Waals surface area contributed by atoms with Gasteiger partial charge in [-0.05, 0) is 39.5 Å². The summed E-state index contributed by atoms with van der Waals surface area (Å²) in [6.07, 6.45) is 8.13. The molecule has 4 nitrogen and oxygen atoms in total. The van der Waals surface area contributed by atoms with E-state index < -0.39 is 5.54 Å². The largest absolute Gasteiger partial charge is 0.340 e. The molecule has 2 saturated carbocycles. The van der Waals surface area contributed by atoms with E-state index in [9.17, 15) is 9.59 Å². The summed E-state index contributed by atoms with van der Waals surface area (Å²) in [5.41, 5.74) is -0.682. The molecule has 1 saturated heterocycles. The number of rotatable bonds is 1. The van der Waals surface area contributed by atoms with Crippen LogP contribution in [-0.4, -0.2) is 33.8 Å². The molecule has 2 aliphatic carbocycles. The molecular formula is C15H24N2O2. The predicted molar refractivity (Wildman–Crippen MR) is 72.5 cm³/mol. The van der Waals surface area contributed by atoms with Crippen LogP contribution in [-0.2, 0) is 9.59 Å². The van der Waals surface area contributed by atoms with Crippen molar-refractivity contribution in [2.75, 3.05) is 0 Å². The van der Waals surface area contributed by atoms with Crippen molar-refractivity contribution in [3.05, 3.63) is 0 Å². The summed E-state index contributed by atoms with van der Waals surface area (Å²) in [6, 6.07) is -0.318. The Hall–Kier alpha value is -1.06. The fraction of sp³-hybridized carbons (Fsp3) is 0.867. The Balaban J connectivity index is 1.96. The summed E-state index contributed by atoms with van der Waals surface area (Å²) in [6.45, 7) is 4.04. The first-order chi connectivity index (χ1) is 8.99. The number of carbonyl (C=O) groups is 2. The van der Waals surface area contributed by atoms with Crippen LogP contribution in [0.25, 0.3) is 0 Å². The van der Waals surface area contributed by atoms with Gasteiger partial charge in [-0.2, -0.15) is 0 Å². The van der Waals surface area contributed by atoms with Gasteiger partial charge in [0.2, 0.25) is 11.8 Å². The molecule has 1 atom stereocenters. The second-order valence-corrected chi connectivity index (χ2v) is 6.83. The lowest BCUT2D eigenvalue weighted by Gasteiger charge is -2.50. The van der Waals surface area contributed by atoms with Gasteiger partial charge < -0.3 is 10.2 Å². The summed E-state index contributed by atoms with van der Waals surface area (Å²) in [5, 5.41) is 3.03. The Morgan fingerprint density at radius 2 is 1.58 bits per heavy atom. The minimum atomic E-state index is -0.574. The number of nitrogens with zero attached hydrogens (tertiary/aromatic N) is 1. The maximum Gasteiger partial charge on any atom is 0.249 e. The Kier molecular flexibility index (Phi) is 2.88. The lowest BCUT2D eigenvalue weighted by Crippen LogP contribution is -2.72. The quantitative estimate of drug-likeness (QED) is 0.787. The van der Waals surface area contributed by atoms with E-state index in [1.807, 2.05) is 11.8 Å². The third kappa shape index (κ3) is 1.79. The zero-order chi connectivity index (χ0) is 13.7. The zero-order valence-corrected chi connectivity index (χ0v) is 12.0. The third-order valence-electron chi connectivity index (χ3n) is 5.48. The molecule has 0 bridgehead atoms. The van der Waals surface area contributed by atoms with Crippen LogP contribution in [0.3, 0.4) is 0 Å². The van der Waals surface area contributed by atoms with E-state index >= 15 is 0 Å². The van der Waals surface area contributed by atoms with E-state index in [0.29, 0.717) is 0 Å². The van der Waals surface area contributed by atoms with E-state index in [4.69, 9.17) is 0 Å². The second-order valence-electron chi connectivity index (χ2n) is 6.83. The first-order valence-electron chi connectivity index (χ1n) is 7.64. The standard InChI is InChI=1S/C15H24N2O2/c1-11-12(18)16-15(9-5-6-10-15)13(19)17(11)14(2)7-3-4-8-14/h11H,3-10H2,1-2H3,(H,16,18). The average molecular weight is 264 g/mol. The SMILES string of the molecule is CC1C(=O)NC2(CCCC2)C(=O)N1C1(C)CCCC1. The fourth-order valence-corrected chi connectivity index (χ4v) is 4.33. The van der Waals surface area contributed by atoms with Gasteiger partial charge in [0.25, 0.3) is 0 Å². The highest BCUT2D eigenvalue weighted by Gasteiger charge is 2.55. The first kappa shape index (κ1) is 12.9. The topological polar surface area (TPSA) is 49.4 Å². The molecule has 0 aromatic heterocycles. The van der Waals surface area contributed by atoms with E-state index in [1.54, 1.807) is 0 Å². The van der Waals surface area contributed by atoms with Crippen molar-refractivity contribution in [2.24, 2.45) is 0 Å². The molecule has 1 heterocycles. The third-order valence-corrected chi connectivity index (χ3v) is 5.48. The van der Waals surface area contributed by atoms with Crippen LogP contribution in [0.5, 0.6) is 0 Å². The van der Waals surface area contributed by atoms with E-state index in [2.05, 4.69) is 12.2 Å². The maximum atomic E-state index is 13.0. The van der Waals surface area contributed by atoms with Crippen LogP contribution >= 0.6 is 0 Å². The van der Waals surface area contributed by atoms with Crippen LogP contribution in [0, 0.1) is 0 Å². The molecule has 0 aromatic rings. The number of hydrogen-bond donors (Lipinski definition) is 1. The molecule has 1 N–H and O–H groups in total. The van der Waals surface area contributed by atoms with Gasteiger partial charge in [0.15, 0.2) is 0 Å². The van der Waals surface area contributed by atoms with E-state index in [0.717, 1.165) is 38.5 Å². The van der Waals surface area contributed by atoms with Crippen LogP contribution in [0.2, 0.25) is 0 Å². The highest BCUT2D eigenvalue weighted by Crippen LogP contribution is 2.42. The van der Waals surface area contributed by atoms with Crippen molar-refractivity contribution in [1.29, 1.82) is 0 Å². The molecule has 19 heavy (non-hydrogen) atoms. The lowest BCUT2D eigenvalue weighted by atomic mass is 9.85. The highest BCUT2D eigenvalue weighted by atomic mass is 16.2. The molecule has 0 radical (unpaired) electrons. The van der Waals surface area contributed by atoms with Crippen LogP contribution < -0.4 is 5.32 Å². The Morgan fingerprint density at radius 3 is 2.16 bits per heavy atom. The van der Waals surface area contributed by atoms with E-state index in [1.165, 1.54) is 12.8 Å². The number of carbonyl (C=O) groups excluding carboxylic acids is 2. The van der Waals surface area contributed by atoms with Crippen molar-refractivity contribution in [2.45, 2.75) is 82.3 Å². The van der Waals surface area contributed by atoms with Crippen molar-refractivity contribution >= 4 is 11.8 Å². The van der Waals surface area contributed by atoms with Gasteiger partial charge in [0.1, 0.15) is 11.6 Å². The lowest BCUT2D eigenvalue weighted by molar-refractivity contribution is -0.161. The predicted octanol–water partition coefficient (Wildman–Crippen LogP) is 1.98. The average Bonchev–Trinajstić information content (AvgIpc) is 2.98. The van der Waals surface area contributed by atoms with Gasteiger partial charge in [0, 0.05) is 5.54 Å². The summed E-state index contributed by atoms with van der Waals surface area (Å²) in [5.74, 6) is 0.219. The number of hydrogen-bond acceptors (Lipinski definition) is 2. The summed E-state index contributed by atoms with van der Waals surface area (Å²) >= 11 is 0. The van der Waals surface area contributed by atoms with E-state index in [-0.39, 0.29) is 23.4 Å². The van der Waals surface area contributed by atoms with Crippen molar-refractivity contribution in [3.63, 3.8) is 0 Å². The summed E-state index contributed by atoms with van der Waals surface area (Å²) in [7, 11) is 0. The molecule has 2 amide bonds. The van der Waals surface area contributed by atoms with Crippen LogP contribution in [0.4, 0.5) is 0 Å². The van der Waals surface area contributed by atoms with Crippen molar-refractivity contribution in [1.82, 2.24) is 10.2 Å². The van der Waals surface area contributed by atoms with Gasteiger partial charge >= 0.3 is 0 Å². The molecule has 3 rings (SSSR count). The molecular weight excluding hydrogens is 240 g/mol. The minimum absolute atomic E-state index is 0.0367. The van der Waals surface area contributed by atoms with Crippen LogP contribution in [0.1, 0.15) is 65.2 Å². The zero-order valence-electron chi connectivity index (χ0n) is 12.0. The first-order valence-corrected chi connectivity index (χ1v) is 7.64. The summed E-state index contributed by atoms with van der Waals surface area (Å²) < 4.78 is 0. The Labute approximate surface area is 114 Å². The molecule has 1 aliphatic heterocycles. The van der Waals surface area contributed by atoms with Gasteiger partial charge in [-0.1, -0.05) is 25.7 Å². The van der Waals surface area contributed by atoms with Crippen molar-refractivity contribution < 1.29 is 9.59 Å². The summed E-state index contributed by atoms with van der Waals surface area (Å²) in [4.78, 5) is 27.2. The normalized spacial score (nSPS) is 32.9. The Bertz CT molecular complexity index is 406. The number of amides is 2. The monoisotopic (exact) mass is 264 g/mol. The maximum absolute atomic E-state index is 13.0. The molecule has 106 valence electrons. The van der Waals surface area contributed by atoms with Gasteiger partial charge in [-0.15, -0.1) is 0 Å². The molecule has 1 unspecified atom stereocenters. The smallest absolute Gasteiger partial charge is 0.249 e. The highest BCUT2D eigenvalue weighted by molar-refractivity contribution is 6.00. The van der Waals surface area contributed by atoms with Crippen LogP contribution in [0.15, 0.2) is 0 Å². The second kappa shape index (κ2) is 4.22. The van der Waals surface area contributed by atoms with Crippen molar-refractivity contribution in [3.8, 4) is 0 Å². The van der Waals surface area contributed by atoms with Gasteiger partial charge in [0.05, 0.1) is 0 Å². The molecule has 1 spiro atoms. The number of nitrogens with one attached hydrogen (secondary N) is 1. The molecule has 4 heteroatoms. The molecule has 3 fully saturated rings. The fourth-order valence-electron chi connectivity index (χ4n) is 4.33. The minimum Gasteiger partial charge on any atom is -0.340 e. The van der Waals surface area contributed by atoms with Gasteiger partial charge in [-0.25, -0.2) is 0 Å². The molecule has 3 aliphatic rings. The van der Waals surface area contributed by atoms with Gasteiger partial charge in [-0.3, -0.25) is 9.59 Å². The number of piperazine rings is 1.